The minimum Gasteiger partial charge on any atom is -0.384 e. The predicted octanol–water partition coefficient (Wildman–Crippen LogP) is 1.14. The topological polar surface area (TPSA) is 69.2 Å². The molecule has 0 radical (unpaired) electrons. The van der Waals surface area contributed by atoms with Crippen molar-refractivity contribution in [3.63, 3.8) is 0 Å². The Kier molecular flexibility index (Phi) is 5.58. The Hall–Kier alpha value is -1.62. The van der Waals surface area contributed by atoms with Gasteiger partial charge in [-0.2, -0.15) is 0 Å². The molecule has 3 N–H and O–H groups in total. The van der Waals surface area contributed by atoms with Crippen molar-refractivity contribution in [1.29, 1.82) is 5.41 Å². The van der Waals surface area contributed by atoms with Gasteiger partial charge in [0.15, 0.2) is 0 Å². The Balaban J connectivity index is 2.78. The minimum atomic E-state index is 0.0958. The highest BCUT2D eigenvalue weighted by Crippen LogP contribution is 2.18. The summed E-state index contributed by atoms with van der Waals surface area (Å²) in [6.45, 7) is 4.98. The van der Waals surface area contributed by atoms with Crippen LogP contribution in [0.15, 0.2) is 18.5 Å². The van der Waals surface area contributed by atoms with E-state index >= 15 is 0 Å². The number of rotatable bonds is 7. The van der Waals surface area contributed by atoms with Gasteiger partial charge in [0, 0.05) is 24.8 Å². The van der Waals surface area contributed by atoms with E-state index in [-0.39, 0.29) is 5.84 Å². The van der Waals surface area contributed by atoms with Gasteiger partial charge in [0.05, 0.1) is 11.9 Å². The van der Waals surface area contributed by atoms with Gasteiger partial charge < -0.3 is 15.5 Å². The number of nitrogens with zero attached hydrogens (tertiary/aromatic N) is 3. The van der Waals surface area contributed by atoms with Gasteiger partial charge in [0.1, 0.15) is 5.84 Å². The maximum atomic E-state index is 7.61. The quantitative estimate of drug-likeness (QED) is 0.562. The van der Waals surface area contributed by atoms with E-state index in [1.165, 1.54) is 0 Å². The van der Waals surface area contributed by atoms with Crippen molar-refractivity contribution >= 4 is 11.5 Å². The van der Waals surface area contributed by atoms with Crippen LogP contribution >= 0.6 is 0 Å². The number of hydrogen-bond donors (Lipinski definition) is 2. The molecular formula is C13H23N5. The fourth-order valence-electron chi connectivity index (χ4n) is 1.89. The molecule has 18 heavy (non-hydrogen) atoms. The number of aromatic nitrogens is 1. The van der Waals surface area contributed by atoms with Crippen LogP contribution in [0.1, 0.15) is 18.9 Å². The average molecular weight is 249 g/mol. The standard InChI is InChI=1S/C13H23N5/c1-4-18(9-5-8-17(2)3)12-10-16-7-6-11(12)13(14)15/h6-7,10H,4-5,8-9H2,1-3H3,(H3,14,15). The molecule has 0 aromatic carbocycles. The third kappa shape index (κ3) is 4.00. The number of nitrogens with one attached hydrogen (secondary N) is 1. The molecule has 0 fully saturated rings. The van der Waals surface area contributed by atoms with E-state index in [4.69, 9.17) is 11.1 Å². The first-order valence-corrected chi connectivity index (χ1v) is 6.24. The molecule has 0 bridgehead atoms. The Morgan fingerprint density at radius 3 is 2.67 bits per heavy atom. The smallest absolute Gasteiger partial charge is 0.125 e. The van der Waals surface area contributed by atoms with E-state index in [0.717, 1.165) is 37.3 Å². The lowest BCUT2D eigenvalue weighted by molar-refractivity contribution is 0.400. The van der Waals surface area contributed by atoms with E-state index < -0.39 is 0 Å². The average Bonchev–Trinajstić information content (AvgIpc) is 2.34. The van der Waals surface area contributed by atoms with Crippen molar-refractivity contribution in [1.82, 2.24) is 9.88 Å². The molecule has 0 unspecified atom stereocenters. The molecule has 1 aromatic rings. The molecule has 0 saturated carbocycles. The monoisotopic (exact) mass is 249 g/mol. The third-order valence-electron chi connectivity index (χ3n) is 2.85. The second kappa shape index (κ2) is 6.96. The van der Waals surface area contributed by atoms with Gasteiger partial charge >= 0.3 is 0 Å². The third-order valence-corrected chi connectivity index (χ3v) is 2.85. The van der Waals surface area contributed by atoms with E-state index in [0.29, 0.717) is 0 Å². The summed E-state index contributed by atoms with van der Waals surface area (Å²) in [4.78, 5) is 8.52. The number of anilines is 1. The molecule has 0 aliphatic carbocycles. The zero-order chi connectivity index (χ0) is 13.5. The number of nitrogens with two attached hydrogens (primary N) is 1. The van der Waals surface area contributed by atoms with E-state index in [1.54, 1.807) is 18.5 Å². The van der Waals surface area contributed by atoms with Crippen LogP contribution in [0.4, 0.5) is 5.69 Å². The van der Waals surface area contributed by atoms with Gasteiger partial charge in [-0.1, -0.05) is 0 Å². The van der Waals surface area contributed by atoms with E-state index in [9.17, 15) is 0 Å². The molecule has 100 valence electrons. The predicted molar refractivity (Wildman–Crippen MR) is 76.3 cm³/mol. The summed E-state index contributed by atoms with van der Waals surface area (Å²) in [7, 11) is 4.14. The second-order valence-electron chi connectivity index (χ2n) is 4.54. The molecule has 0 amide bonds. The summed E-state index contributed by atoms with van der Waals surface area (Å²) in [5, 5.41) is 7.61. The van der Waals surface area contributed by atoms with Crippen LogP contribution in [0.3, 0.4) is 0 Å². The lowest BCUT2D eigenvalue weighted by Gasteiger charge is -2.25. The number of amidine groups is 1. The van der Waals surface area contributed by atoms with Crippen molar-refractivity contribution in [3.05, 3.63) is 24.0 Å². The van der Waals surface area contributed by atoms with Crippen LogP contribution in [0.2, 0.25) is 0 Å². The van der Waals surface area contributed by atoms with Gasteiger partial charge in [-0.25, -0.2) is 0 Å². The summed E-state index contributed by atoms with van der Waals surface area (Å²) in [6, 6.07) is 1.80. The van der Waals surface area contributed by atoms with Gasteiger partial charge in [-0.15, -0.1) is 0 Å². The highest BCUT2D eigenvalue weighted by molar-refractivity contribution is 6.00. The van der Waals surface area contributed by atoms with Crippen LogP contribution < -0.4 is 10.6 Å². The van der Waals surface area contributed by atoms with E-state index in [1.807, 2.05) is 0 Å². The maximum absolute atomic E-state index is 7.61. The summed E-state index contributed by atoms with van der Waals surface area (Å²) >= 11 is 0. The molecule has 1 aromatic heterocycles. The molecule has 1 heterocycles. The summed E-state index contributed by atoms with van der Waals surface area (Å²) in [5.74, 6) is 0.0958. The SMILES string of the molecule is CCN(CCCN(C)C)c1cnccc1C(=N)N. The minimum absolute atomic E-state index is 0.0958. The highest BCUT2D eigenvalue weighted by Gasteiger charge is 2.11. The molecule has 5 heteroatoms. The fourth-order valence-corrected chi connectivity index (χ4v) is 1.89. The summed E-state index contributed by atoms with van der Waals surface area (Å²) in [6.07, 6.45) is 4.54. The molecule has 1 rings (SSSR count). The zero-order valence-electron chi connectivity index (χ0n) is 11.5. The fraction of sp³-hybridized carbons (Fsp3) is 0.538. The zero-order valence-corrected chi connectivity index (χ0v) is 11.5. The van der Waals surface area contributed by atoms with Gasteiger partial charge in [0.2, 0.25) is 0 Å². The number of nitrogen functional groups attached to an aromatic ring is 1. The van der Waals surface area contributed by atoms with Crippen LogP contribution in [-0.4, -0.2) is 49.4 Å². The van der Waals surface area contributed by atoms with Crippen LogP contribution in [0.5, 0.6) is 0 Å². The van der Waals surface area contributed by atoms with Crippen molar-refractivity contribution in [2.24, 2.45) is 5.73 Å². The van der Waals surface area contributed by atoms with Crippen molar-refractivity contribution in [3.8, 4) is 0 Å². The van der Waals surface area contributed by atoms with Crippen LogP contribution in [0, 0.1) is 5.41 Å². The van der Waals surface area contributed by atoms with Crippen molar-refractivity contribution in [2.75, 3.05) is 38.6 Å². The summed E-state index contributed by atoms with van der Waals surface area (Å²) < 4.78 is 0. The van der Waals surface area contributed by atoms with Gasteiger partial charge in [-0.05, 0) is 40.1 Å². The Labute approximate surface area is 109 Å². The maximum Gasteiger partial charge on any atom is 0.125 e. The van der Waals surface area contributed by atoms with Crippen molar-refractivity contribution < 1.29 is 0 Å². The summed E-state index contributed by atoms with van der Waals surface area (Å²) in [5.41, 5.74) is 7.32. The molecule has 0 saturated heterocycles. The van der Waals surface area contributed by atoms with Gasteiger partial charge in [0.25, 0.3) is 0 Å². The molecule has 0 atom stereocenters. The highest BCUT2D eigenvalue weighted by atomic mass is 15.1. The lowest BCUT2D eigenvalue weighted by Crippen LogP contribution is -2.29. The molecule has 0 aliphatic heterocycles. The first-order chi connectivity index (χ1) is 8.56. The first kappa shape index (κ1) is 14.4. The Morgan fingerprint density at radius 1 is 1.39 bits per heavy atom. The molecule has 5 nitrogen and oxygen atoms in total. The Bertz CT molecular complexity index is 389. The normalized spacial score (nSPS) is 10.7. The van der Waals surface area contributed by atoms with E-state index in [2.05, 4.69) is 35.8 Å². The molecule has 0 aliphatic rings. The van der Waals surface area contributed by atoms with Crippen LogP contribution in [-0.2, 0) is 0 Å². The van der Waals surface area contributed by atoms with Gasteiger partial charge in [-0.3, -0.25) is 10.4 Å². The number of hydrogen-bond acceptors (Lipinski definition) is 4. The Morgan fingerprint density at radius 2 is 2.11 bits per heavy atom. The number of pyridine rings is 1. The molecule has 0 spiro atoms. The second-order valence-corrected chi connectivity index (χ2v) is 4.54. The lowest BCUT2D eigenvalue weighted by atomic mass is 10.2. The largest absolute Gasteiger partial charge is 0.384 e. The van der Waals surface area contributed by atoms with Crippen molar-refractivity contribution in [2.45, 2.75) is 13.3 Å². The van der Waals surface area contributed by atoms with Crippen LogP contribution in [0.25, 0.3) is 0 Å². The first-order valence-electron chi connectivity index (χ1n) is 6.24. The molecular weight excluding hydrogens is 226 g/mol.